The molecule has 1 aliphatic rings. The van der Waals surface area contributed by atoms with Crippen molar-refractivity contribution in [1.82, 2.24) is 4.98 Å². The molecule has 2 aromatic rings. The average Bonchev–Trinajstić information content (AvgIpc) is 2.64. The van der Waals surface area contributed by atoms with E-state index in [4.69, 9.17) is 4.74 Å². The first kappa shape index (κ1) is 18.3. The van der Waals surface area contributed by atoms with Gasteiger partial charge in [0.15, 0.2) is 0 Å². The number of benzene rings is 1. The van der Waals surface area contributed by atoms with Crippen LogP contribution in [-0.4, -0.2) is 27.5 Å². The lowest BCUT2D eigenvalue weighted by molar-refractivity contribution is 0.0526. The lowest BCUT2D eigenvalue weighted by Gasteiger charge is -2.31. The summed E-state index contributed by atoms with van der Waals surface area (Å²) in [5.74, 6) is 6.45. The highest BCUT2D eigenvalue weighted by Gasteiger charge is 2.31. The summed E-state index contributed by atoms with van der Waals surface area (Å²) in [6.07, 6.45) is 2.38. The summed E-state index contributed by atoms with van der Waals surface area (Å²) < 4.78 is 17.2. The van der Waals surface area contributed by atoms with Crippen LogP contribution in [-0.2, 0) is 21.0 Å². The van der Waals surface area contributed by atoms with Gasteiger partial charge >= 0.3 is 5.97 Å². The van der Waals surface area contributed by atoms with Crippen molar-refractivity contribution in [3.63, 3.8) is 0 Å². The maximum Gasteiger partial charge on any atom is 0.339 e. The zero-order chi connectivity index (χ0) is 18.7. The van der Waals surface area contributed by atoms with Crippen LogP contribution in [0, 0.1) is 11.8 Å². The molecule has 0 saturated heterocycles. The molecule has 0 amide bonds. The van der Waals surface area contributed by atoms with Crippen LogP contribution in [0.4, 0.5) is 0 Å². The number of carbonyl (C=O) groups excluding carboxylic acids is 1. The molecule has 26 heavy (non-hydrogen) atoms. The van der Waals surface area contributed by atoms with Crippen molar-refractivity contribution in [2.24, 2.45) is 0 Å². The molecule has 1 atom stereocenters. The van der Waals surface area contributed by atoms with Gasteiger partial charge in [-0.3, -0.25) is 4.21 Å². The molecule has 5 heteroatoms. The number of fused-ring (bicyclic) bond motifs is 1. The topological polar surface area (TPSA) is 56.3 Å². The molecule has 1 aromatic carbocycles. The van der Waals surface area contributed by atoms with E-state index in [1.165, 1.54) is 6.20 Å². The average molecular weight is 367 g/mol. The van der Waals surface area contributed by atoms with Crippen LogP contribution in [0.5, 0.6) is 0 Å². The summed E-state index contributed by atoms with van der Waals surface area (Å²) in [6, 6.07) is 9.23. The van der Waals surface area contributed by atoms with Gasteiger partial charge in [-0.05, 0) is 60.6 Å². The molecule has 0 aliphatic carbocycles. The summed E-state index contributed by atoms with van der Waals surface area (Å²) in [7, 11) is -0.923. The van der Waals surface area contributed by atoms with Gasteiger partial charge in [0.1, 0.15) is 5.69 Å². The lowest BCUT2D eigenvalue weighted by atomic mass is 9.81. The second kappa shape index (κ2) is 7.43. The fourth-order valence-corrected chi connectivity index (χ4v) is 4.58. The number of ether oxygens (including phenoxy) is 1. The zero-order valence-electron chi connectivity index (χ0n) is 15.2. The van der Waals surface area contributed by atoms with E-state index in [1.54, 1.807) is 19.1 Å². The summed E-state index contributed by atoms with van der Waals surface area (Å²) in [6.45, 7) is 6.45. The first-order valence-electron chi connectivity index (χ1n) is 8.59. The third-order valence-corrected chi connectivity index (χ3v) is 5.90. The Balaban J connectivity index is 1.85. The summed E-state index contributed by atoms with van der Waals surface area (Å²) >= 11 is 0. The van der Waals surface area contributed by atoms with Gasteiger partial charge in [-0.15, -0.1) is 0 Å². The number of hydrogen-bond acceptors (Lipinski definition) is 4. The molecule has 2 heterocycles. The zero-order valence-corrected chi connectivity index (χ0v) is 16.0. The first-order chi connectivity index (χ1) is 12.4. The van der Waals surface area contributed by atoms with Gasteiger partial charge < -0.3 is 4.74 Å². The number of carbonyl (C=O) groups is 1. The second-order valence-electron chi connectivity index (χ2n) is 6.80. The monoisotopic (exact) mass is 367 g/mol. The van der Waals surface area contributed by atoms with Crippen LogP contribution in [0.25, 0.3) is 0 Å². The highest BCUT2D eigenvalue weighted by Crippen LogP contribution is 2.37. The minimum absolute atomic E-state index is 0.000467. The summed E-state index contributed by atoms with van der Waals surface area (Å²) in [4.78, 5) is 16.8. The predicted octanol–water partition coefficient (Wildman–Crippen LogP) is 3.45. The quantitative estimate of drug-likeness (QED) is 0.603. The minimum atomic E-state index is -0.923. The van der Waals surface area contributed by atoms with Gasteiger partial charge in [0.05, 0.1) is 23.0 Å². The predicted molar refractivity (Wildman–Crippen MR) is 102 cm³/mol. The van der Waals surface area contributed by atoms with Gasteiger partial charge in [0.2, 0.25) is 0 Å². The highest BCUT2D eigenvalue weighted by atomic mass is 32.2. The Bertz CT molecular complexity index is 921. The van der Waals surface area contributed by atoms with Crippen LogP contribution in [0.3, 0.4) is 0 Å². The molecule has 0 spiro atoms. The number of rotatable bonds is 2. The van der Waals surface area contributed by atoms with E-state index in [9.17, 15) is 9.00 Å². The van der Waals surface area contributed by atoms with Gasteiger partial charge in [0.25, 0.3) is 0 Å². The van der Waals surface area contributed by atoms with E-state index in [0.717, 1.165) is 22.4 Å². The van der Waals surface area contributed by atoms with Gasteiger partial charge in [-0.25, -0.2) is 9.78 Å². The number of hydrogen-bond donors (Lipinski definition) is 0. The molecule has 0 fully saturated rings. The molecule has 0 bridgehead atoms. The van der Waals surface area contributed by atoms with E-state index < -0.39 is 10.8 Å². The van der Waals surface area contributed by atoms with Gasteiger partial charge in [0, 0.05) is 22.4 Å². The van der Waals surface area contributed by atoms with Crippen molar-refractivity contribution in [3.05, 3.63) is 58.9 Å². The molecule has 1 aliphatic heterocycles. The Morgan fingerprint density at radius 2 is 2.08 bits per heavy atom. The minimum Gasteiger partial charge on any atom is -0.462 e. The van der Waals surface area contributed by atoms with Crippen LogP contribution < -0.4 is 0 Å². The molecule has 4 nitrogen and oxygen atoms in total. The van der Waals surface area contributed by atoms with Crippen molar-refractivity contribution in [2.75, 3.05) is 12.4 Å². The van der Waals surface area contributed by atoms with Crippen molar-refractivity contribution in [3.8, 4) is 11.8 Å². The van der Waals surface area contributed by atoms with E-state index in [1.807, 2.05) is 18.2 Å². The SMILES string of the molecule is CCOC(=O)c1ccc(C#Cc2ccc3c(c2)C(C)(C)CC[S@@]3=O)nc1. The standard InChI is InChI=1S/C21H21NO3S/c1-4-25-20(23)16-7-9-17(22-14-16)8-5-15-6-10-19-18(13-15)21(2,3)11-12-26(19)24/h6-7,9-10,13-14H,4,11-12H2,1-3H3/t26-/m0/s1. The van der Waals surface area contributed by atoms with Crippen LogP contribution in [0.1, 0.15) is 54.4 Å². The Morgan fingerprint density at radius 1 is 1.27 bits per heavy atom. The normalized spacial score (nSPS) is 17.6. The molecule has 0 saturated carbocycles. The molecule has 0 radical (unpaired) electrons. The molecular formula is C21H21NO3S. The van der Waals surface area contributed by atoms with E-state index >= 15 is 0 Å². The van der Waals surface area contributed by atoms with E-state index in [0.29, 0.717) is 23.6 Å². The third-order valence-electron chi connectivity index (χ3n) is 4.48. The maximum atomic E-state index is 12.2. The van der Waals surface area contributed by atoms with Crippen molar-refractivity contribution in [2.45, 2.75) is 37.5 Å². The number of aromatic nitrogens is 1. The number of esters is 1. The Hall–Kier alpha value is -2.45. The molecule has 1 aromatic heterocycles. The maximum absolute atomic E-state index is 12.2. The third kappa shape index (κ3) is 3.86. The second-order valence-corrected chi connectivity index (χ2v) is 8.34. The first-order valence-corrected chi connectivity index (χ1v) is 9.91. The molecule has 134 valence electrons. The van der Waals surface area contributed by atoms with Gasteiger partial charge in [-0.1, -0.05) is 19.8 Å². The number of pyridine rings is 1. The molecule has 0 unspecified atom stereocenters. The van der Waals surface area contributed by atoms with Crippen molar-refractivity contribution >= 4 is 16.8 Å². The molecule has 3 rings (SSSR count). The fraction of sp³-hybridized carbons (Fsp3) is 0.333. The fourth-order valence-electron chi connectivity index (χ4n) is 2.87. The molecular weight excluding hydrogens is 346 g/mol. The highest BCUT2D eigenvalue weighted by molar-refractivity contribution is 7.85. The van der Waals surface area contributed by atoms with Gasteiger partial charge in [-0.2, -0.15) is 0 Å². The lowest BCUT2D eigenvalue weighted by Crippen LogP contribution is -2.27. The summed E-state index contributed by atoms with van der Waals surface area (Å²) in [5, 5.41) is 0. The Kier molecular flexibility index (Phi) is 5.24. The van der Waals surface area contributed by atoms with Crippen LogP contribution in [0.2, 0.25) is 0 Å². The van der Waals surface area contributed by atoms with Crippen molar-refractivity contribution < 1.29 is 13.7 Å². The smallest absolute Gasteiger partial charge is 0.339 e. The van der Waals surface area contributed by atoms with Crippen LogP contribution >= 0.6 is 0 Å². The van der Waals surface area contributed by atoms with Crippen molar-refractivity contribution in [1.29, 1.82) is 0 Å². The van der Waals surface area contributed by atoms with E-state index in [-0.39, 0.29) is 11.4 Å². The Morgan fingerprint density at radius 3 is 2.77 bits per heavy atom. The Labute approximate surface area is 156 Å². The largest absolute Gasteiger partial charge is 0.462 e. The van der Waals surface area contributed by atoms with Crippen LogP contribution in [0.15, 0.2) is 41.4 Å². The summed E-state index contributed by atoms with van der Waals surface area (Å²) in [5.41, 5.74) is 2.97. The number of nitrogens with zero attached hydrogens (tertiary/aromatic N) is 1. The van der Waals surface area contributed by atoms with E-state index in [2.05, 4.69) is 30.7 Å². The molecule has 0 N–H and O–H groups in total.